The van der Waals surface area contributed by atoms with Gasteiger partial charge in [0.25, 0.3) is 0 Å². The molecule has 0 aliphatic heterocycles. The summed E-state index contributed by atoms with van der Waals surface area (Å²) in [6, 6.07) is 0. The first kappa shape index (κ1) is 21.6. The van der Waals surface area contributed by atoms with E-state index >= 15 is 0 Å². The fourth-order valence-electron chi connectivity index (χ4n) is 2.72. The Balaban J connectivity index is 3.46. The molecule has 0 aliphatic carbocycles. The molecule has 0 rings (SSSR count). The Kier molecular flexibility index (Phi) is 18.2. The fourth-order valence-corrected chi connectivity index (χ4v) is 2.72. The SMILES string of the molecule is O=CCCCCCCCN(CCO)CCCCCCCCO. The second-order valence-electron chi connectivity index (χ2n) is 6.13. The lowest BCUT2D eigenvalue weighted by atomic mass is 10.1. The van der Waals surface area contributed by atoms with Gasteiger partial charge < -0.3 is 19.9 Å². The number of rotatable bonds is 18. The Labute approximate surface area is 136 Å². The van der Waals surface area contributed by atoms with Gasteiger partial charge in [0.15, 0.2) is 0 Å². The number of carbonyl (C=O) groups is 1. The minimum absolute atomic E-state index is 0.246. The third-order valence-corrected chi connectivity index (χ3v) is 4.10. The van der Waals surface area contributed by atoms with Crippen LogP contribution in [0.2, 0.25) is 0 Å². The molecule has 2 N–H and O–H groups in total. The van der Waals surface area contributed by atoms with Crippen molar-refractivity contribution in [3.63, 3.8) is 0 Å². The molecule has 132 valence electrons. The van der Waals surface area contributed by atoms with E-state index in [0.717, 1.165) is 51.6 Å². The van der Waals surface area contributed by atoms with Crippen molar-refractivity contribution in [1.82, 2.24) is 4.90 Å². The zero-order chi connectivity index (χ0) is 16.3. The Morgan fingerprint density at radius 2 is 1.09 bits per heavy atom. The van der Waals surface area contributed by atoms with E-state index in [4.69, 9.17) is 10.2 Å². The molecule has 4 heteroatoms. The first-order chi connectivity index (χ1) is 10.8. The molecule has 0 aromatic carbocycles. The molecule has 0 atom stereocenters. The number of unbranched alkanes of at least 4 members (excludes halogenated alkanes) is 10. The van der Waals surface area contributed by atoms with Crippen LogP contribution in [0.5, 0.6) is 0 Å². The average molecular weight is 315 g/mol. The highest BCUT2D eigenvalue weighted by molar-refractivity contribution is 5.48. The van der Waals surface area contributed by atoms with E-state index in [9.17, 15) is 4.79 Å². The molecule has 0 saturated carbocycles. The van der Waals surface area contributed by atoms with Crippen LogP contribution in [0, 0.1) is 0 Å². The summed E-state index contributed by atoms with van der Waals surface area (Å²) in [5.74, 6) is 0. The molecule has 0 saturated heterocycles. The summed E-state index contributed by atoms with van der Waals surface area (Å²) in [5, 5.41) is 17.9. The summed E-state index contributed by atoms with van der Waals surface area (Å²) in [5.41, 5.74) is 0. The molecule has 22 heavy (non-hydrogen) atoms. The molecular weight excluding hydrogens is 278 g/mol. The number of hydrogen-bond donors (Lipinski definition) is 2. The van der Waals surface area contributed by atoms with E-state index in [2.05, 4.69) is 4.90 Å². The Morgan fingerprint density at radius 1 is 0.591 bits per heavy atom. The van der Waals surface area contributed by atoms with Crippen LogP contribution in [0.4, 0.5) is 0 Å². The van der Waals surface area contributed by atoms with Crippen LogP contribution >= 0.6 is 0 Å². The van der Waals surface area contributed by atoms with Gasteiger partial charge in [-0.25, -0.2) is 0 Å². The molecule has 0 amide bonds. The standard InChI is InChI=1S/C18H37NO3/c20-16-11-7-3-1-5-9-13-19(15-18-22)14-10-6-2-4-8-12-17-21/h16,21-22H,1-15,17-18H2. The molecule has 0 heterocycles. The van der Waals surface area contributed by atoms with Gasteiger partial charge in [0.05, 0.1) is 6.61 Å². The highest BCUT2D eigenvalue weighted by Crippen LogP contribution is 2.08. The van der Waals surface area contributed by atoms with E-state index < -0.39 is 0 Å². The van der Waals surface area contributed by atoms with Gasteiger partial charge in [0, 0.05) is 19.6 Å². The number of aliphatic hydroxyl groups is 2. The van der Waals surface area contributed by atoms with Crippen molar-refractivity contribution >= 4 is 6.29 Å². The summed E-state index contributed by atoms with van der Waals surface area (Å²) < 4.78 is 0. The van der Waals surface area contributed by atoms with Crippen molar-refractivity contribution in [2.24, 2.45) is 0 Å². The lowest BCUT2D eigenvalue weighted by Gasteiger charge is -2.21. The van der Waals surface area contributed by atoms with Gasteiger partial charge in [-0.05, 0) is 38.8 Å². The van der Waals surface area contributed by atoms with Gasteiger partial charge in [0.1, 0.15) is 6.29 Å². The summed E-state index contributed by atoms with van der Waals surface area (Å²) in [6.45, 7) is 3.52. The number of aldehydes is 1. The first-order valence-corrected chi connectivity index (χ1v) is 9.23. The predicted molar refractivity (Wildman–Crippen MR) is 92.1 cm³/mol. The van der Waals surface area contributed by atoms with E-state index in [1.807, 2.05) is 0 Å². The molecule has 4 nitrogen and oxygen atoms in total. The van der Waals surface area contributed by atoms with Gasteiger partial charge in [0.2, 0.25) is 0 Å². The van der Waals surface area contributed by atoms with Crippen molar-refractivity contribution in [2.75, 3.05) is 32.8 Å². The monoisotopic (exact) mass is 315 g/mol. The second kappa shape index (κ2) is 18.6. The zero-order valence-electron chi connectivity index (χ0n) is 14.3. The van der Waals surface area contributed by atoms with Crippen LogP contribution in [0.15, 0.2) is 0 Å². The van der Waals surface area contributed by atoms with Gasteiger partial charge in [-0.2, -0.15) is 0 Å². The summed E-state index contributed by atoms with van der Waals surface area (Å²) in [7, 11) is 0. The molecule has 0 aromatic rings. The Bertz CT molecular complexity index is 224. The topological polar surface area (TPSA) is 60.8 Å². The summed E-state index contributed by atoms with van der Waals surface area (Å²) >= 11 is 0. The van der Waals surface area contributed by atoms with Gasteiger partial charge >= 0.3 is 0 Å². The minimum Gasteiger partial charge on any atom is -0.396 e. The van der Waals surface area contributed by atoms with Crippen LogP contribution in [-0.2, 0) is 4.79 Å². The lowest BCUT2D eigenvalue weighted by molar-refractivity contribution is -0.107. The second-order valence-corrected chi connectivity index (χ2v) is 6.13. The predicted octanol–water partition coefficient (Wildman–Crippen LogP) is 3.15. The zero-order valence-corrected chi connectivity index (χ0v) is 14.3. The maximum absolute atomic E-state index is 10.2. The quantitative estimate of drug-likeness (QED) is 0.301. The molecule has 0 aromatic heterocycles. The van der Waals surface area contributed by atoms with Gasteiger partial charge in [-0.1, -0.05) is 44.9 Å². The number of hydrogen-bond acceptors (Lipinski definition) is 4. The van der Waals surface area contributed by atoms with Crippen LogP contribution < -0.4 is 0 Å². The average Bonchev–Trinajstić information content (AvgIpc) is 2.53. The highest BCUT2D eigenvalue weighted by Gasteiger charge is 2.03. The smallest absolute Gasteiger partial charge is 0.119 e. The largest absolute Gasteiger partial charge is 0.396 e. The van der Waals surface area contributed by atoms with Crippen LogP contribution in [0.25, 0.3) is 0 Å². The maximum Gasteiger partial charge on any atom is 0.119 e. The number of aliphatic hydroxyl groups excluding tert-OH is 2. The lowest BCUT2D eigenvalue weighted by Crippen LogP contribution is -2.29. The number of carbonyl (C=O) groups excluding carboxylic acids is 1. The third-order valence-electron chi connectivity index (χ3n) is 4.10. The van der Waals surface area contributed by atoms with Gasteiger partial charge in [-0.15, -0.1) is 0 Å². The van der Waals surface area contributed by atoms with E-state index in [0.29, 0.717) is 13.0 Å². The summed E-state index contributed by atoms with van der Waals surface area (Å²) in [4.78, 5) is 12.6. The van der Waals surface area contributed by atoms with Crippen LogP contribution in [0.3, 0.4) is 0 Å². The van der Waals surface area contributed by atoms with Crippen LogP contribution in [0.1, 0.15) is 77.0 Å². The minimum atomic E-state index is 0.246. The van der Waals surface area contributed by atoms with E-state index in [1.165, 1.54) is 44.9 Å². The van der Waals surface area contributed by atoms with Gasteiger partial charge in [-0.3, -0.25) is 0 Å². The molecule has 0 bridgehead atoms. The molecular formula is C18H37NO3. The molecule has 0 aliphatic rings. The van der Waals surface area contributed by atoms with Crippen molar-refractivity contribution in [2.45, 2.75) is 77.0 Å². The highest BCUT2D eigenvalue weighted by atomic mass is 16.3. The van der Waals surface area contributed by atoms with Crippen LogP contribution in [-0.4, -0.2) is 54.2 Å². The normalized spacial score (nSPS) is 11.2. The molecule has 0 spiro atoms. The van der Waals surface area contributed by atoms with Crippen molar-refractivity contribution in [3.05, 3.63) is 0 Å². The summed E-state index contributed by atoms with van der Waals surface area (Å²) in [6.07, 6.45) is 14.5. The van der Waals surface area contributed by atoms with E-state index in [1.54, 1.807) is 0 Å². The van der Waals surface area contributed by atoms with Crippen molar-refractivity contribution in [3.8, 4) is 0 Å². The third kappa shape index (κ3) is 15.9. The van der Waals surface area contributed by atoms with Crippen molar-refractivity contribution < 1.29 is 15.0 Å². The fraction of sp³-hybridized carbons (Fsp3) is 0.944. The molecule has 0 radical (unpaired) electrons. The first-order valence-electron chi connectivity index (χ1n) is 9.23. The number of nitrogens with zero attached hydrogens (tertiary/aromatic N) is 1. The Morgan fingerprint density at radius 3 is 1.59 bits per heavy atom. The molecule has 0 unspecified atom stereocenters. The van der Waals surface area contributed by atoms with Crippen molar-refractivity contribution in [1.29, 1.82) is 0 Å². The maximum atomic E-state index is 10.2. The molecule has 0 fully saturated rings. The Hall–Kier alpha value is -0.450. The van der Waals surface area contributed by atoms with E-state index in [-0.39, 0.29) is 6.61 Å².